The first kappa shape index (κ1) is 15.8. The van der Waals surface area contributed by atoms with E-state index in [0.29, 0.717) is 0 Å². The van der Waals surface area contributed by atoms with E-state index in [4.69, 9.17) is 0 Å². The molecule has 0 bridgehead atoms. The lowest BCUT2D eigenvalue weighted by molar-refractivity contribution is 0.0810. The fourth-order valence-electron chi connectivity index (χ4n) is 5.65. The third-order valence-electron chi connectivity index (χ3n) is 6.98. The van der Waals surface area contributed by atoms with Gasteiger partial charge in [0.15, 0.2) is 0 Å². The molecule has 0 unspecified atom stereocenters. The van der Waals surface area contributed by atoms with E-state index in [1.807, 2.05) is 0 Å². The fourth-order valence-corrected chi connectivity index (χ4v) is 5.65. The highest BCUT2D eigenvalue weighted by atomic mass is 15.1. The molecule has 0 spiro atoms. The summed E-state index contributed by atoms with van der Waals surface area (Å²) < 4.78 is 0. The molecule has 21 heavy (non-hydrogen) atoms. The average molecular weight is 292 g/mol. The van der Waals surface area contributed by atoms with Crippen molar-refractivity contribution < 1.29 is 0 Å². The summed E-state index contributed by atoms with van der Waals surface area (Å²) in [6, 6.07) is 0.910. The maximum atomic E-state index is 2.70. The van der Waals surface area contributed by atoms with Crippen molar-refractivity contribution in [1.29, 1.82) is 0 Å². The third kappa shape index (κ3) is 4.24. The lowest BCUT2D eigenvalue weighted by atomic mass is 9.67. The zero-order valence-electron chi connectivity index (χ0n) is 14.4. The molecule has 2 saturated carbocycles. The molecule has 0 N–H and O–H groups in total. The minimum Gasteiger partial charge on any atom is -0.303 e. The van der Waals surface area contributed by atoms with Crippen molar-refractivity contribution in [3.63, 3.8) is 0 Å². The molecule has 122 valence electrons. The summed E-state index contributed by atoms with van der Waals surface area (Å²) in [4.78, 5) is 2.70. The number of rotatable bonds is 4. The van der Waals surface area contributed by atoms with E-state index in [0.717, 1.165) is 23.8 Å². The van der Waals surface area contributed by atoms with E-state index in [1.165, 1.54) is 70.8 Å². The van der Waals surface area contributed by atoms with Gasteiger partial charge in [-0.15, -0.1) is 0 Å². The molecule has 2 aliphatic carbocycles. The number of likely N-dealkylation sites (tertiary alicyclic amines) is 1. The van der Waals surface area contributed by atoms with E-state index >= 15 is 0 Å². The first-order valence-electron chi connectivity index (χ1n) is 10.0. The van der Waals surface area contributed by atoms with Gasteiger partial charge in [0.05, 0.1) is 0 Å². The minimum absolute atomic E-state index is 0.910. The van der Waals surface area contributed by atoms with Crippen LogP contribution in [0.5, 0.6) is 0 Å². The zero-order valence-corrected chi connectivity index (χ0v) is 14.4. The Hall–Kier alpha value is -0.0400. The summed E-state index contributed by atoms with van der Waals surface area (Å²) in [5.41, 5.74) is 0. The lowest BCUT2D eigenvalue weighted by Crippen LogP contribution is -2.40. The first-order chi connectivity index (χ1) is 10.3. The maximum Gasteiger partial charge on any atom is 0.00950 e. The van der Waals surface area contributed by atoms with Crippen LogP contribution in [0, 0.1) is 17.8 Å². The van der Waals surface area contributed by atoms with Gasteiger partial charge in [0.1, 0.15) is 0 Å². The standard InChI is InChI=1S/C20H37N/c1-21-15-9-8-14-19(21)16-20(17-10-4-2-5-11-17)18-12-6-3-7-13-18/h17-20H,2-16H2,1H3/t19-/m1/s1. The third-order valence-corrected chi connectivity index (χ3v) is 6.98. The van der Waals surface area contributed by atoms with Crippen molar-refractivity contribution in [3.05, 3.63) is 0 Å². The monoisotopic (exact) mass is 291 g/mol. The lowest BCUT2D eigenvalue weighted by Gasteiger charge is -2.42. The molecule has 3 rings (SSSR count). The van der Waals surface area contributed by atoms with E-state index in [2.05, 4.69) is 11.9 Å². The number of piperidine rings is 1. The van der Waals surface area contributed by atoms with E-state index in [1.54, 1.807) is 25.7 Å². The summed E-state index contributed by atoms with van der Waals surface area (Å²) in [5, 5.41) is 0. The molecule has 3 fully saturated rings. The first-order valence-corrected chi connectivity index (χ1v) is 10.0. The molecule has 1 atom stereocenters. The van der Waals surface area contributed by atoms with Crippen LogP contribution in [0.3, 0.4) is 0 Å². The molecular formula is C20H37N. The zero-order chi connectivity index (χ0) is 14.5. The van der Waals surface area contributed by atoms with Crippen LogP contribution in [-0.4, -0.2) is 24.5 Å². The van der Waals surface area contributed by atoms with Gasteiger partial charge in [-0.3, -0.25) is 0 Å². The Morgan fingerprint density at radius 2 is 1.24 bits per heavy atom. The number of hydrogen-bond acceptors (Lipinski definition) is 1. The van der Waals surface area contributed by atoms with Crippen LogP contribution in [0.25, 0.3) is 0 Å². The summed E-state index contributed by atoms with van der Waals surface area (Å²) in [6.45, 7) is 1.35. The summed E-state index contributed by atoms with van der Waals surface area (Å²) in [6.07, 6.45) is 21.3. The Balaban J connectivity index is 1.64. The van der Waals surface area contributed by atoms with E-state index in [9.17, 15) is 0 Å². The Morgan fingerprint density at radius 1 is 0.714 bits per heavy atom. The van der Waals surface area contributed by atoms with Gasteiger partial charge in [0.2, 0.25) is 0 Å². The maximum absolute atomic E-state index is 2.70. The van der Waals surface area contributed by atoms with E-state index < -0.39 is 0 Å². The van der Waals surface area contributed by atoms with Gasteiger partial charge in [-0.05, 0) is 50.6 Å². The fraction of sp³-hybridized carbons (Fsp3) is 1.00. The van der Waals surface area contributed by atoms with E-state index in [-0.39, 0.29) is 0 Å². The number of hydrogen-bond donors (Lipinski definition) is 0. The average Bonchev–Trinajstić information content (AvgIpc) is 2.56. The Kier molecular flexibility index (Phi) is 6.03. The van der Waals surface area contributed by atoms with Crippen LogP contribution in [0.4, 0.5) is 0 Å². The Bertz CT molecular complexity index is 270. The highest BCUT2D eigenvalue weighted by Crippen LogP contribution is 2.43. The second-order valence-corrected chi connectivity index (χ2v) is 8.33. The molecular weight excluding hydrogens is 254 g/mol. The highest BCUT2D eigenvalue weighted by molar-refractivity contribution is 4.86. The Labute approximate surface area is 132 Å². The predicted octanol–water partition coefficient (Wildman–Crippen LogP) is 5.64. The molecule has 1 heteroatoms. The second-order valence-electron chi connectivity index (χ2n) is 8.33. The van der Waals surface area contributed by atoms with Crippen LogP contribution in [-0.2, 0) is 0 Å². The highest BCUT2D eigenvalue weighted by Gasteiger charge is 2.34. The quantitative estimate of drug-likeness (QED) is 0.648. The van der Waals surface area contributed by atoms with Gasteiger partial charge in [0, 0.05) is 6.04 Å². The van der Waals surface area contributed by atoms with Gasteiger partial charge < -0.3 is 4.90 Å². The normalized spacial score (nSPS) is 30.9. The Morgan fingerprint density at radius 3 is 1.76 bits per heavy atom. The van der Waals surface area contributed by atoms with Gasteiger partial charge >= 0.3 is 0 Å². The predicted molar refractivity (Wildman–Crippen MR) is 91.5 cm³/mol. The molecule has 1 aliphatic heterocycles. The van der Waals surface area contributed by atoms with Crippen molar-refractivity contribution in [3.8, 4) is 0 Å². The van der Waals surface area contributed by atoms with Crippen LogP contribution in [0.2, 0.25) is 0 Å². The molecule has 0 aromatic rings. The second kappa shape index (κ2) is 7.99. The molecule has 0 aromatic heterocycles. The largest absolute Gasteiger partial charge is 0.303 e. The number of nitrogens with zero attached hydrogens (tertiary/aromatic N) is 1. The molecule has 1 nitrogen and oxygen atoms in total. The SMILES string of the molecule is CN1CCCC[C@@H]1CC(C1CCCCC1)C1CCCCC1. The molecule has 3 aliphatic rings. The van der Waals surface area contributed by atoms with Gasteiger partial charge in [0.25, 0.3) is 0 Å². The van der Waals surface area contributed by atoms with Gasteiger partial charge in [-0.1, -0.05) is 70.6 Å². The molecule has 0 radical (unpaired) electrons. The van der Waals surface area contributed by atoms with Crippen molar-refractivity contribution in [2.45, 2.75) is 95.9 Å². The van der Waals surface area contributed by atoms with Crippen molar-refractivity contribution in [1.82, 2.24) is 4.90 Å². The van der Waals surface area contributed by atoms with Crippen molar-refractivity contribution in [2.24, 2.45) is 17.8 Å². The molecule has 0 amide bonds. The van der Waals surface area contributed by atoms with Crippen molar-refractivity contribution in [2.75, 3.05) is 13.6 Å². The van der Waals surface area contributed by atoms with Crippen LogP contribution >= 0.6 is 0 Å². The summed E-state index contributed by atoms with van der Waals surface area (Å²) >= 11 is 0. The topological polar surface area (TPSA) is 3.24 Å². The summed E-state index contributed by atoms with van der Waals surface area (Å²) in [7, 11) is 2.39. The molecule has 0 aromatic carbocycles. The smallest absolute Gasteiger partial charge is 0.00950 e. The molecule has 1 saturated heterocycles. The van der Waals surface area contributed by atoms with Crippen LogP contribution in [0.15, 0.2) is 0 Å². The van der Waals surface area contributed by atoms with Crippen molar-refractivity contribution >= 4 is 0 Å². The minimum atomic E-state index is 0.910. The molecule has 1 heterocycles. The summed E-state index contributed by atoms with van der Waals surface area (Å²) in [5.74, 6) is 3.23. The van der Waals surface area contributed by atoms with Crippen LogP contribution in [0.1, 0.15) is 89.9 Å². The van der Waals surface area contributed by atoms with Gasteiger partial charge in [-0.25, -0.2) is 0 Å². The van der Waals surface area contributed by atoms with Crippen LogP contribution < -0.4 is 0 Å². The van der Waals surface area contributed by atoms with Gasteiger partial charge in [-0.2, -0.15) is 0 Å².